The monoisotopic (exact) mass is 377 g/mol. The van der Waals surface area contributed by atoms with Crippen molar-refractivity contribution in [3.05, 3.63) is 52.7 Å². The Hall–Kier alpha value is -1.66. The zero-order valence-electron chi connectivity index (χ0n) is 14.9. The van der Waals surface area contributed by atoms with E-state index in [0.29, 0.717) is 18.2 Å². The number of hydrogen-bond donors (Lipinski definition) is 2. The minimum Gasteiger partial charge on any atom is -0.357 e. The molecule has 0 aliphatic carbocycles. The molecule has 2 aromatic rings. The first-order chi connectivity index (χ1) is 12.2. The van der Waals surface area contributed by atoms with Crippen LogP contribution in [0.25, 0.3) is 0 Å². The molecule has 0 amide bonds. The van der Waals surface area contributed by atoms with Gasteiger partial charge in [-0.2, -0.15) is 0 Å². The molecule has 0 saturated heterocycles. The molecule has 0 bridgehead atoms. The van der Waals surface area contributed by atoms with Crippen LogP contribution >= 0.6 is 11.3 Å². The van der Waals surface area contributed by atoms with Gasteiger partial charge >= 0.3 is 0 Å². The Morgan fingerprint density at radius 2 is 2.00 bits per heavy atom. The second-order valence-electron chi connectivity index (χ2n) is 5.90. The molecule has 1 aromatic carbocycles. The Morgan fingerprint density at radius 3 is 2.68 bits per heavy atom. The molecule has 1 heterocycles. The van der Waals surface area contributed by atoms with Crippen LogP contribution in [0, 0.1) is 5.92 Å². The van der Waals surface area contributed by atoms with E-state index in [4.69, 9.17) is 0 Å². The Bertz CT molecular complexity index is 657. The molecular formula is C19H27N3OS2. The van der Waals surface area contributed by atoms with Crippen molar-refractivity contribution < 1.29 is 4.21 Å². The molecule has 25 heavy (non-hydrogen) atoms. The first-order valence-electron chi connectivity index (χ1n) is 8.67. The third-order valence-electron chi connectivity index (χ3n) is 3.62. The summed E-state index contributed by atoms with van der Waals surface area (Å²) in [6.07, 6.45) is 1.05. The Morgan fingerprint density at radius 1 is 1.20 bits per heavy atom. The molecule has 2 atom stereocenters. The van der Waals surface area contributed by atoms with Crippen molar-refractivity contribution in [2.45, 2.75) is 25.2 Å². The van der Waals surface area contributed by atoms with Crippen molar-refractivity contribution in [3.8, 4) is 0 Å². The van der Waals surface area contributed by atoms with Crippen LogP contribution in [0.2, 0.25) is 0 Å². The highest BCUT2D eigenvalue weighted by Gasteiger charge is 2.06. The van der Waals surface area contributed by atoms with Crippen LogP contribution in [-0.4, -0.2) is 35.6 Å². The average molecular weight is 378 g/mol. The van der Waals surface area contributed by atoms with Gasteiger partial charge in [0.1, 0.15) is 0 Å². The van der Waals surface area contributed by atoms with E-state index in [1.54, 1.807) is 11.3 Å². The highest BCUT2D eigenvalue weighted by atomic mass is 32.2. The molecular weight excluding hydrogens is 350 g/mol. The van der Waals surface area contributed by atoms with Crippen LogP contribution in [-0.2, 0) is 17.2 Å². The lowest BCUT2D eigenvalue weighted by Crippen LogP contribution is -2.39. The van der Waals surface area contributed by atoms with E-state index < -0.39 is 10.8 Å². The largest absolute Gasteiger partial charge is 0.357 e. The summed E-state index contributed by atoms with van der Waals surface area (Å²) in [5.74, 6) is 1.86. The number of rotatable bonds is 9. The Balaban J connectivity index is 1.78. The zero-order chi connectivity index (χ0) is 17.9. The summed E-state index contributed by atoms with van der Waals surface area (Å²) < 4.78 is 12.2. The van der Waals surface area contributed by atoms with Crippen molar-refractivity contribution in [2.24, 2.45) is 10.9 Å². The summed E-state index contributed by atoms with van der Waals surface area (Å²) in [4.78, 5) is 6.94. The van der Waals surface area contributed by atoms with Crippen LogP contribution in [0.3, 0.4) is 0 Å². The number of thiophene rings is 1. The molecule has 0 radical (unpaired) electrons. The Kier molecular flexibility index (Phi) is 8.69. The van der Waals surface area contributed by atoms with E-state index in [2.05, 4.69) is 40.1 Å². The molecule has 0 aliphatic rings. The first kappa shape index (κ1) is 19.7. The van der Waals surface area contributed by atoms with Crippen molar-refractivity contribution >= 4 is 28.1 Å². The summed E-state index contributed by atoms with van der Waals surface area (Å²) >= 11 is 1.80. The number of guanidine groups is 1. The molecule has 0 aliphatic heterocycles. The van der Waals surface area contributed by atoms with Gasteiger partial charge in [-0.1, -0.05) is 31.2 Å². The lowest BCUT2D eigenvalue weighted by atomic mass is 10.1. The van der Waals surface area contributed by atoms with Crippen LogP contribution in [0.4, 0.5) is 0 Å². The molecule has 1 aromatic heterocycles. The number of hydrogen-bond acceptors (Lipinski definition) is 3. The van der Waals surface area contributed by atoms with E-state index in [9.17, 15) is 4.21 Å². The number of nitrogens with zero attached hydrogens (tertiary/aromatic N) is 1. The van der Waals surface area contributed by atoms with Gasteiger partial charge in [-0.25, -0.2) is 0 Å². The van der Waals surface area contributed by atoms with Crippen LogP contribution < -0.4 is 10.6 Å². The third-order valence-corrected chi connectivity index (χ3v) is 5.89. The van der Waals surface area contributed by atoms with Gasteiger partial charge < -0.3 is 10.6 Å². The number of benzene rings is 1. The SMILES string of the molecule is CCNC(=NCC(C)Cc1cccs1)NCCS(=O)c1ccccc1. The highest BCUT2D eigenvalue weighted by Crippen LogP contribution is 2.14. The standard InChI is InChI=1S/C19H27N3OS2/c1-3-20-19(22-15-16(2)14-17-8-7-12-24-17)21-11-13-25(23)18-9-5-4-6-10-18/h4-10,12,16H,3,11,13-15H2,1-2H3,(H2,20,21,22). The summed E-state index contributed by atoms with van der Waals surface area (Å²) in [7, 11) is -0.982. The van der Waals surface area contributed by atoms with Gasteiger partial charge in [0.25, 0.3) is 0 Å². The smallest absolute Gasteiger partial charge is 0.191 e. The van der Waals surface area contributed by atoms with Crippen molar-refractivity contribution in [1.29, 1.82) is 0 Å². The zero-order valence-corrected chi connectivity index (χ0v) is 16.5. The van der Waals surface area contributed by atoms with Crippen LogP contribution in [0.5, 0.6) is 0 Å². The minimum absolute atomic E-state index is 0.493. The molecule has 6 heteroatoms. The first-order valence-corrected chi connectivity index (χ1v) is 10.9. The second-order valence-corrected chi connectivity index (χ2v) is 8.50. The topological polar surface area (TPSA) is 53.5 Å². The summed E-state index contributed by atoms with van der Waals surface area (Å²) in [5, 5.41) is 8.65. The lowest BCUT2D eigenvalue weighted by Gasteiger charge is -2.13. The molecule has 2 N–H and O–H groups in total. The van der Waals surface area contributed by atoms with E-state index in [1.807, 2.05) is 37.3 Å². The molecule has 2 rings (SSSR count). The van der Waals surface area contributed by atoms with Gasteiger partial charge in [0, 0.05) is 35.2 Å². The molecule has 136 valence electrons. The average Bonchev–Trinajstić information content (AvgIpc) is 3.13. The van der Waals surface area contributed by atoms with Gasteiger partial charge in [-0.3, -0.25) is 9.20 Å². The molecule has 4 nitrogen and oxygen atoms in total. The van der Waals surface area contributed by atoms with Crippen LogP contribution in [0.15, 0.2) is 57.7 Å². The van der Waals surface area contributed by atoms with Gasteiger partial charge in [0.05, 0.1) is 10.8 Å². The molecule has 0 fully saturated rings. The number of aliphatic imine (C=N–C) groups is 1. The van der Waals surface area contributed by atoms with Crippen LogP contribution in [0.1, 0.15) is 18.7 Å². The van der Waals surface area contributed by atoms with E-state index in [-0.39, 0.29) is 0 Å². The van der Waals surface area contributed by atoms with Crippen molar-refractivity contribution in [1.82, 2.24) is 10.6 Å². The fraction of sp³-hybridized carbons (Fsp3) is 0.421. The molecule has 0 saturated carbocycles. The van der Waals surface area contributed by atoms with Crippen molar-refractivity contribution in [3.63, 3.8) is 0 Å². The van der Waals surface area contributed by atoms with E-state index in [0.717, 1.165) is 30.4 Å². The van der Waals surface area contributed by atoms with Gasteiger partial charge in [-0.05, 0) is 42.8 Å². The third kappa shape index (κ3) is 7.40. The molecule has 2 unspecified atom stereocenters. The normalized spacial score (nSPS) is 14.1. The summed E-state index contributed by atoms with van der Waals surface area (Å²) in [6, 6.07) is 13.8. The molecule has 0 spiro atoms. The maximum atomic E-state index is 12.2. The maximum absolute atomic E-state index is 12.2. The number of nitrogens with one attached hydrogen (secondary N) is 2. The fourth-order valence-corrected chi connectivity index (χ4v) is 4.23. The van der Waals surface area contributed by atoms with E-state index in [1.165, 1.54) is 4.88 Å². The van der Waals surface area contributed by atoms with Gasteiger partial charge in [-0.15, -0.1) is 11.3 Å². The fourth-order valence-electron chi connectivity index (χ4n) is 2.38. The maximum Gasteiger partial charge on any atom is 0.191 e. The van der Waals surface area contributed by atoms with Crippen molar-refractivity contribution in [2.75, 3.05) is 25.4 Å². The van der Waals surface area contributed by atoms with E-state index >= 15 is 0 Å². The second kappa shape index (κ2) is 11.1. The lowest BCUT2D eigenvalue weighted by molar-refractivity contribution is 0.595. The predicted octanol–water partition coefficient (Wildman–Crippen LogP) is 3.29. The minimum atomic E-state index is -0.982. The van der Waals surface area contributed by atoms with Gasteiger partial charge in [0.2, 0.25) is 0 Å². The summed E-state index contributed by atoms with van der Waals surface area (Å²) in [6.45, 7) is 6.49. The quantitative estimate of drug-likeness (QED) is 0.521. The summed E-state index contributed by atoms with van der Waals surface area (Å²) in [5.41, 5.74) is 0. The predicted molar refractivity (Wildman–Crippen MR) is 109 cm³/mol. The highest BCUT2D eigenvalue weighted by molar-refractivity contribution is 7.85. The van der Waals surface area contributed by atoms with Gasteiger partial charge in [0.15, 0.2) is 5.96 Å². The Labute approximate surface area is 157 Å².